The Morgan fingerprint density at radius 2 is 1.86 bits per heavy atom. The van der Waals surface area contributed by atoms with E-state index in [1.54, 1.807) is 23.5 Å². The lowest BCUT2D eigenvalue weighted by Gasteiger charge is -2.21. The predicted molar refractivity (Wildman–Crippen MR) is 141 cm³/mol. The first-order chi connectivity index (χ1) is 17.5. The summed E-state index contributed by atoms with van der Waals surface area (Å²) in [6, 6.07) is 8.74. The van der Waals surface area contributed by atoms with Gasteiger partial charge in [0.15, 0.2) is 0 Å². The third-order valence-electron chi connectivity index (χ3n) is 6.28. The molecule has 0 bridgehead atoms. The van der Waals surface area contributed by atoms with Crippen molar-refractivity contribution in [2.24, 2.45) is 5.92 Å². The van der Waals surface area contributed by atoms with Gasteiger partial charge in [-0.1, -0.05) is 33.8 Å². The average molecular weight is 537 g/mol. The number of rotatable bonds is 12. The van der Waals surface area contributed by atoms with Crippen LogP contribution in [0.3, 0.4) is 0 Å². The van der Waals surface area contributed by atoms with Crippen LogP contribution in [0.25, 0.3) is 11.0 Å². The van der Waals surface area contributed by atoms with E-state index in [0.29, 0.717) is 23.9 Å². The summed E-state index contributed by atoms with van der Waals surface area (Å²) in [6.07, 6.45) is -2.59. The molecule has 37 heavy (non-hydrogen) atoms. The maximum atomic E-state index is 13.1. The molecule has 0 aliphatic heterocycles. The van der Waals surface area contributed by atoms with Gasteiger partial charge in [0.25, 0.3) is 5.91 Å². The highest BCUT2D eigenvalue weighted by molar-refractivity contribution is 7.09. The predicted octanol–water partition coefficient (Wildman–Crippen LogP) is 6.26. The van der Waals surface area contributed by atoms with Gasteiger partial charge in [-0.2, -0.15) is 13.2 Å². The normalized spacial score (nSPS) is 12.9. The number of carbonyl (C=O) groups excluding carboxylic acids is 2. The lowest BCUT2D eigenvalue weighted by atomic mass is 10.0. The number of imidazole rings is 1. The molecule has 0 radical (unpaired) electrons. The second kappa shape index (κ2) is 12.6. The molecule has 2 amide bonds. The van der Waals surface area contributed by atoms with Crippen LogP contribution >= 0.6 is 11.3 Å². The third-order valence-corrected chi connectivity index (χ3v) is 7.16. The fourth-order valence-corrected chi connectivity index (χ4v) is 5.14. The molecular formula is C27H35F3N4O2S. The van der Waals surface area contributed by atoms with Crippen molar-refractivity contribution in [2.75, 3.05) is 6.54 Å². The molecule has 0 fully saturated rings. The number of benzene rings is 1. The Kier molecular flexibility index (Phi) is 9.75. The van der Waals surface area contributed by atoms with E-state index in [1.807, 2.05) is 31.4 Å². The van der Waals surface area contributed by atoms with Gasteiger partial charge in [-0.25, -0.2) is 4.98 Å². The minimum absolute atomic E-state index is 0.0525. The molecule has 2 heterocycles. The Labute approximate surface area is 219 Å². The van der Waals surface area contributed by atoms with Gasteiger partial charge in [0, 0.05) is 29.4 Å². The number of nitrogens with one attached hydrogen (secondary N) is 2. The lowest BCUT2D eigenvalue weighted by molar-refractivity contribution is -0.136. The second-order valence-electron chi connectivity index (χ2n) is 9.64. The van der Waals surface area contributed by atoms with Crippen molar-refractivity contribution in [3.05, 3.63) is 52.0 Å². The van der Waals surface area contributed by atoms with Gasteiger partial charge in [-0.3, -0.25) is 9.59 Å². The summed E-state index contributed by atoms with van der Waals surface area (Å²) in [5.74, 6) is -0.0962. The molecule has 3 rings (SSSR count). The smallest absolute Gasteiger partial charge is 0.354 e. The van der Waals surface area contributed by atoms with Crippen molar-refractivity contribution < 1.29 is 22.8 Å². The van der Waals surface area contributed by atoms with E-state index in [-0.39, 0.29) is 12.0 Å². The number of halogens is 3. The summed E-state index contributed by atoms with van der Waals surface area (Å²) < 4.78 is 39.7. The zero-order valence-electron chi connectivity index (χ0n) is 21.7. The molecular weight excluding hydrogens is 501 g/mol. The Hall–Kier alpha value is -2.88. The molecule has 0 spiro atoms. The molecule has 2 aromatic heterocycles. The fraction of sp³-hybridized carbons (Fsp3) is 0.519. The largest absolute Gasteiger partial charge is 0.390 e. The monoisotopic (exact) mass is 536 g/mol. The number of thiophene rings is 1. The van der Waals surface area contributed by atoms with Gasteiger partial charge in [0.05, 0.1) is 17.5 Å². The van der Waals surface area contributed by atoms with Crippen LogP contribution in [0.1, 0.15) is 80.5 Å². The quantitative estimate of drug-likeness (QED) is 0.287. The Balaban J connectivity index is 1.84. The molecule has 0 saturated carbocycles. The van der Waals surface area contributed by atoms with Crippen LogP contribution in [-0.2, 0) is 11.2 Å². The molecule has 3 aromatic rings. The van der Waals surface area contributed by atoms with Crippen molar-refractivity contribution in [3.8, 4) is 0 Å². The molecule has 1 atom stereocenters. The number of aromatic nitrogens is 2. The topological polar surface area (TPSA) is 76.0 Å². The Morgan fingerprint density at radius 3 is 2.46 bits per heavy atom. The van der Waals surface area contributed by atoms with Crippen molar-refractivity contribution >= 4 is 34.2 Å². The molecule has 0 aliphatic carbocycles. The number of alkyl halides is 3. The van der Waals surface area contributed by atoms with E-state index in [9.17, 15) is 22.8 Å². The highest BCUT2D eigenvalue weighted by Crippen LogP contribution is 2.28. The number of amides is 2. The van der Waals surface area contributed by atoms with Crippen molar-refractivity contribution in [3.63, 3.8) is 0 Å². The van der Waals surface area contributed by atoms with Crippen LogP contribution in [0.15, 0.2) is 35.7 Å². The van der Waals surface area contributed by atoms with Gasteiger partial charge in [0.2, 0.25) is 5.91 Å². The van der Waals surface area contributed by atoms with Crippen LogP contribution in [0.5, 0.6) is 0 Å². The van der Waals surface area contributed by atoms with Crippen LogP contribution in [0.2, 0.25) is 0 Å². The van der Waals surface area contributed by atoms with Gasteiger partial charge < -0.3 is 15.2 Å². The zero-order chi connectivity index (χ0) is 27.2. The fourth-order valence-electron chi connectivity index (χ4n) is 4.44. The molecule has 202 valence electrons. The van der Waals surface area contributed by atoms with E-state index in [2.05, 4.69) is 35.1 Å². The van der Waals surface area contributed by atoms with E-state index in [0.717, 1.165) is 24.2 Å². The lowest BCUT2D eigenvalue weighted by Crippen LogP contribution is -2.48. The number of hydrogen-bond acceptors (Lipinski definition) is 4. The Morgan fingerprint density at radius 1 is 1.14 bits per heavy atom. The number of fused-ring (bicyclic) bond motifs is 1. The number of hydrogen-bond donors (Lipinski definition) is 2. The van der Waals surface area contributed by atoms with Gasteiger partial charge >= 0.3 is 6.18 Å². The summed E-state index contributed by atoms with van der Waals surface area (Å²) in [5, 5.41) is 7.05. The maximum Gasteiger partial charge on any atom is 0.390 e. The average Bonchev–Trinajstić information content (AvgIpc) is 3.46. The summed E-state index contributed by atoms with van der Waals surface area (Å²) in [5.41, 5.74) is 1.99. The molecule has 1 aromatic carbocycles. The van der Waals surface area contributed by atoms with Crippen LogP contribution in [0.4, 0.5) is 13.2 Å². The Bertz CT molecular complexity index is 1180. The van der Waals surface area contributed by atoms with Gasteiger partial charge in [-0.05, 0) is 54.8 Å². The van der Waals surface area contributed by atoms with Crippen LogP contribution < -0.4 is 10.6 Å². The molecule has 10 heteroatoms. The molecule has 0 aliphatic rings. The summed E-state index contributed by atoms with van der Waals surface area (Å²) in [6.45, 7) is 7.53. The summed E-state index contributed by atoms with van der Waals surface area (Å²) >= 11 is 1.67. The van der Waals surface area contributed by atoms with Gasteiger partial charge in [0.1, 0.15) is 11.9 Å². The first-order valence-electron chi connectivity index (χ1n) is 12.7. The minimum Gasteiger partial charge on any atom is -0.354 e. The SMILES string of the molecule is CCC(CC)n1c(Cc2cccs2)nc2cc(C(=O)NC(CC(C)C)C(=O)NCCC(F)(F)F)ccc21. The van der Waals surface area contributed by atoms with Crippen molar-refractivity contribution in [2.45, 2.75) is 78.1 Å². The van der Waals surface area contributed by atoms with Crippen LogP contribution in [-0.4, -0.2) is 40.1 Å². The first kappa shape index (κ1) is 28.7. The molecule has 6 nitrogen and oxygen atoms in total. The van der Waals surface area contributed by atoms with Crippen molar-refractivity contribution in [1.82, 2.24) is 20.2 Å². The highest BCUT2D eigenvalue weighted by Gasteiger charge is 2.28. The number of nitrogens with zero attached hydrogens (tertiary/aromatic N) is 2. The highest BCUT2D eigenvalue weighted by atomic mass is 32.1. The van der Waals surface area contributed by atoms with E-state index in [4.69, 9.17) is 4.98 Å². The van der Waals surface area contributed by atoms with Crippen molar-refractivity contribution in [1.29, 1.82) is 0 Å². The number of carbonyl (C=O) groups is 2. The molecule has 2 N–H and O–H groups in total. The summed E-state index contributed by atoms with van der Waals surface area (Å²) in [4.78, 5) is 31.8. The maximum absolute atomic E-state index is 13.1. The molecule has 0 saturated heterocycles. The van der Waals surface area contributed by atoms with E-state index >= 15 is 0 Å². The standard InChI is InChI=1S/C27H35F3N4O2S/c1-5-19(6-2)34-23-10-9-18(15-21(23)32-24(34)16-20-8-7-13-37-20)25(35)33-22(14-17(3)4)26(36)31-12-11-27(28,29)30/h7-10,13,15,17,19,22H,5-6,11-12,14,16H2,1-4H3,(H,31,36)(H,33,35). The molecule has 1 unspecified atom stereocenters. The first-order valence-corrected chi connectivity index (χ1v) is 13.6. The minimum atomic E-state index is -4.36. The summed E-state index contributed by atoms with van der Waals surface area (Å²) in [7, 11) is 0. The van der Waals surface area contributed by atoms with Crippen LogP contribution in [0, 0.1) is 5.92 Å². The second-order valence-corrected chi connectivity index (χ2v) is 10.7. The zero-order valence-corrected chi connectivity index (χ0v) is 22.5. The third kappa shape index (κ3) is 7.80. The van der Waals surface area contributed by atoms with E-state index in [1.165, 1.54) is 4.88 Å². The van der Waals surface area contributed by atoms with E-state index < -0.39 is 37.0 Å². The van der Waals surface area contributed by atoms with Gasteiger partial charge in [-0.15, -0.1) is 11.3 Å².